The molecule has 1 saturated heterocycles. The molecule has 0 radical (unpaired) electrons. The summed E-state index contributed by atoms with van der Waals surface area (Å²) in [5.74, 6) is 2.01. The molecule has 1 aliphatic rings. The molecule has 2 aromatic rings. The number of nitrogens with zero attached hydrogens (tertiary/aromatic N) is 1. The highest BCUT2D eigenvalue weighted by molar-refractivity contribution is 5.94. The number of carbonyl (C=O) groups is 1. The second kappa shape index (κ2) is 8.32. The van der Waals surface area contributed by atoms with Crippen LogP contribution in [0.15, 0.2) is 40.8 Å². The Morgan fingerprint density at radius 3 is 2.76 bits per heavy atom. The molecule has 1 amide bonds. The molecule has 2 heterocycles. The fourth-order valence-electron chi connectivity index (χ4n) is 3.31. The summed E-state index contributed by atoms with van der Waals surface area (Å²) in [6, 6.07) is 11.3. The quantitative estimate of drug-likeness (QED) is 0.847. The van der Waals surface area contributed by atoms with Crippen molar-refractivity contribution in [1.29, 1.82) is 0 Å². The summed E-state index contributed by atoms with van der Waals surface area (Å²) in [4.78, 5) is 14.6. The van der Waals surface area contributed by atoms with Gasteiger partial charge in [0.2, 0.25) is 0 Å². The lowest BCUT2D eigenvalue weighted by Gasteiger charge is -2.31. The van der Waals surface area contributed by atoms with Crippen LogP contribution in [0.5, 0.6) is 0 Å². The third kappa shape index (κ3) is 4.71. The number of aliphatic hydroxyl groups is 1. The number of nitrogens with one attached hydrogen (secondary N) is 1. The molecule has 2 N–H and O–H groups in total. The molecule has 0 spiro atoms. The number of amides is 1. The van der Waals surface area contributed by atoms with Gasteiger partial charge in [-0.2, -0.15) is 0 Å². The zero-order chi connectivity index (χ0) is 17.6. The Kier molecular flexibility index (Phi) is 5.89. The van der Waals surface area contributed by atoms with Gasteiger partial charge in [-0.3, -0.25) is 4.79 Å². The molecule has 5 heteroatoms. The summed E-state index contributed by atoms with van der Waals surface area (Å²) in [5.41, 5.74) is 1.62. The first-order valence-electron chi connectivity index (χ1n) is 8.94. The number of hydrogen-bond donors (Lipinski definition) is 2. The molecule has 0 unspecified atom stereocenters. The minimum absolute atomic E-state index is 0.0575. The van der Waals surface area contributed by atoms with Crippen LogP contribution in [-0.2, 0) is 0 Å². The first-order chi connectivity index (χ1) is 12.2. The van der Waals surface area contributed by atoms with E-state index in [1.54, 1.807) is 0 Å². The lowest BCUT2D eigenvalue weighted by Crippen LogP contribution is -2.41. The SMILES string of the molecule is Cc1ccc(-c2ccc(C(=O)NCCN3CCC[C@@H](CO)C3)cc2)o1. The van der Waals surface area contributed by atoms with Crippen LogP contribution in [0.2, 0.25) is 0 Å². The van der Waals surface area contributed by atoms with Crippen molar-refractivity contribution in [3.63, 3.8) is 0 Å². The fraction of sp³-hybridized carbons (Fsp3) is 0.450. The number of likely N-dealkylation sites (tertiary alicyclic amines) is 1. The maximum absolute atomic E-state index is 12.3. The van der Waals surface area contributed by atoms with Crippen molar-refractivity contribution >= 4 is 5.91 Å². The van der Waals surface area contributed by atoms with E-state index >= 15 is 0 Å². The van der Waals surface area contributed by atoms with E-state index in [1.165, 1.54) is 0 Å². The van der Waals surface area contributed by atoms with Crippen LogP contribution in [0.3, 0.4) is 0 Å². The number of benzene rings is 1. The smallest absolute Gasteiger partial charge is 0.251 e. The summed E-state index contributed by atoms with van der Waals surface area (Å²) >= 11 is 0. The summed E-state index contributed by atoms with van der Waals surface area (Å²) < 4.78 is 5.60. The molecule has 1 aliphatic heterocycles. The van der Waals surface area contributed by atoms with E-state index in [2.05, 4.69) is 10.2 Å². The number of furan rings is 1. The molecule has 1 fully saturated rings. The summed E-state index contributed by atoms with van der Waals surface area (Å²) in [6.45, 7) is 5.58. The molecule has 25 heavy (non-hydrogen) atoms. The maximum Gasteiger partial charge on any atom is 0.251 e. The molecule has 1 aromatic carbocycles. The van der Waals surface area contributed by atoms with Gasteiger partial charge in [0.1, 0.15) is 11.5 Å². The zero-order valence-corrected chi connectivity index (χ0v) is 14.7. The Morgan fingerprint density at radius 1 is 1.28 bits per heavy atom. The number of rotatable bonds is 6. The van der Waals surface area contributed by atoms with Gasteiger partial charge in [-0.25, -0.2) is 0 Å². The topological polar surface area (TPSA) is 65.7 Å². The van der Waals surface area contributed by atoms with Gasteiger partial charge < -0.3 is 19.7 Å². The van der Waals surface area contributed by atoms with Crippen molar-refractivity contribution in [2.24, 2.45) is 5.92 Å². The van der Waals surface area contributed by atoms with Crippen LogP contribution in [-0.4, -0.2) is 48.7 Å². The van der Waals surface area contributed by atoms with E-state index in [4.69, 9.17) is 4.42 Å². The van der Waals surface area contributed by atoms with Crippen molar-refractivity contribution < 1.29 is 14.3 Å². The third-order valence-corrected chi connectivity index (χ3v) is 4.75. The molecule has 1 aromatic heterocycles. The Morgan fingerprint density at radius 2 is 2.08 bits per heavy atom. The first-order valence-corrected chi connectivity index (χ1v) is 8.94. The van der Waals surface area contributed by atoms with E-state index in [-0.39, 0.29) is 12.5 Å². The van der Waals surface area contributed by atoms with E-state index in [0.717, 1.165) is 49.6 Å². The number of aryl methyl sites for hydroxylation is 1. The standard InChI is InChI=1S/C20H26N2O3/c1-15-4-9-19(25-15)17-5-7-18(8-6-17)20(24)21-10-12-22-11-2-3-16(13-22)14-23/h4-9,16,23H,2-3,10-14H2,1H3,(H,21,24)/t16-/m1/s1. The Balaban J connectivity index is 1.48. The zero-order valence-electron chi connectivity index (χ0n) is 14.7. The Labute approximate surface area is 148 Å². The van der Waals surface area contributed by atoms with Crippen molar-refractivity contribution in [3.05, 3.63) is 47.7 Å². The maximum atomic E-state index is 12.3. The fourth-order valence-corrected chi connectivity index (χ4v) is 3.31. The minimum Gasteiger partial charge on any atom is -0.461 e. The molecule has 134 valence electrons. The highest BCUT2D eigenvalue weighted by atomic mass is 16.3. The third-order valence-electron chi connectivity index (χ3n) is 4.75. The number of carbonyl (C=O) groups excluding carboxylic acids is 1. The van der Waals surface area contributed by atoms with Gasteiger partial charge in [-0.1, -0.05) is 12.1 Å². The van der Waals surface area contributed by atoms with E-state index in [1.807, 2.05) is 43.3 Å². The molecule has 3 rings (SSSR count). The van der Waals surface area contributed by atoms with Crippen molar-refractivity contribution in [2.45, 2.75) is 19.8 Å². The average Bonchev–Trinajstić information content (AvgIpc) is 3.08. The predicted octanol–water partition coefficient (Wildman–Crippen LogP) is 2.69. The molecular weight excluding hydrogens is 316 g/mol. The van der Waals surface area contributed by atoms with Crippen LogP contribution in [0.25, 0.3) is 11.3 Å². The van der Waals surface area contributed by atoms with Crippen molar-refractivity contribution in [3.8, 4) is 11.3 Å². The van der Waals surface area contributed by atoms with Crippen molar-refractivity contribution in [1.82, 2.24) is 10.2 Å². The van der Waals surface area contributed by atoms with Gasteiger partial charge in [0, 0.05) is 37.4 Å². The average molecular weight is 342 g/mol. The summed E-state index contributed by atoms with van der Waals surface area (Å²) in [5, 5.41) is 12.2. The molecular formula is C20H26N2O3. The highest BCUT2D eigenvalue weighted by Crippen LogP contribution is 2.22. The van der Waals surface area contributed by atoms with Gasteiger partial charge in [0.15, 0.2) is 0 Å². The lowest BCUT2D eigenvalue weighted by molar-refractivity contribution is 0.0930. The van der Waals surface area contributed by atoms with Crippen molar-refractivity contribution in [2.75, 3.05) is 32.8 Å². The molecule has 0 bridgehead atoms. The lowest BCUT2D eigenvalue weighted by atomic mass is 9.99. The largest absolute Gasteiger partial charge is 0.461 e. The van der Waals surface area contributed by atoms with E-state index in [9.17, 15) is 9.90 Å². The van der Waals surface area contributed by atoms with Gasteiger partial charge in [0.25, 0.3) is 5.91 Å². The summed E-state index contributed by atoms with van der Waals surface area (Å²) in [7, 11) is 0. The second-order valence-corrected chi connectivity index (χ2v) is 6.73. The monoisotopic (exact) mass is 342 g/mol. The first kappa shape index (κ1) is 17.7. The van der Waals surface area contributed by atoms with Crippen LogP contribution in [0.1, 0.15) is 29.0 Å². The van der Waals surface area contributed by atoms with Crippen LogP contribution in [0.4, 0.5) is 0 Å². The predicted molar refractivity (Wildman–Crippen MR) is 97.5 cm³/mol. The minimum atomic E-state index is -0.0575. The van der Waals surface area contributed by atoms with E-state index in [0.29, 0.717) is 18.0 Å². The van der Waals surface area contributed by atoms with Gasteiger partial charge in [0.05, 0.1) is 0 Å². The molecule has 5 nitrogen and oxygen atoms in total. The molecule has 0 aliphatic carbocycles. The van der Waals surface area contributed by atoms with Crippen LogP contribution in [0, 0.1) is 12.8 Å². The highest BCUT2D eigenvalue weighted by Gasteiger charge is 2.18. The Hall–Kier alpha value is -2.11. The van der Waals surface area contributed by atoms with Gasteiger partial charge >= 0.3 is 0 Å². The van der Waals surface area contributed by atoms with E-state index < -0.39 is 0 Å². The molecule has 1 atom stereocenters. The Bertz CT molecular complexity index is 693. The second-order valence-electron chi connectivity index (χ2n) is 6.73. The normalized spacial score (nSPS) is 18.2. The van der Waals surface area contributed by atoms with Gasteiger partial charge in [-0.05, 0) is 56.5 Å². The van der Waals surface area contributed by atoms with Gasteiger partial charge in [-0.15, -0.1) is 0 Å². The number of hydrogen-bond acceptors (Lipinski definition) is 4. The molecule has 0 saturated carbocycles. The summed E-state index contributed by atoms with van der Waals surface area (Å²) in [6.07, 6.45) is 2.22. The number of piperidine rings is 1. The number of aliphatic hydroxyl groups excluding tert-OH is 1. The van der Waals surface area contributed by atoms with Crippen LogP contribution < -0.4 is 5.32 Å². The van der Waals surface area contributed by atoms with Crippen LogP contribution >= 0.6 is 0 Å².